The molecule has 0 amide bonds. The zero-order valence-electron chi connectivity index (χ0n) is 8.46. The zero-order chi connectivity index (χ0) is 10.6. The van der Waals surface area contributed by atoms with Crippen LogP contribution in [0.15, 0.2) is 22.9 Å². The second-order valence-corrected chi connectivity index (χ2v) is 4.45. The van der Waals surface area contributed by atoms with Gasteiger partial charge in [0.2, 0.25) is 0 Å². The summed E-state index contributed by atoms with van der Waals surface area (Å²) in [6, 6.07) is 1.82. The van der Waals surface area contributed by atoms with Gasteiger partial charge in [0.15, 0.2) is 5.78 Å². The van der Waals surface area contributed by atoms with Crippen LogP contribution in [-0.4, -0.2) is 10.8 Å². The molecule has 1 heterocycles. The lowest BCUT2D eigenvalue weighted by Crippen LogP contribution is -2.05. The molecule has 1 aromatic rings. The maximum Gasteiger partial charge on any atom is 0.164 e. The summed E-state index contributed by atoms with van der Waals surface area (Å²) < 4.78 is 0.854. The molecule has 1 aromatic heterocycles. The molecule has 1 atom stereocenters. The molecule has 3 heteroatoms. The Morgan fingerprint density at radius 1 is 1.57 bits per heavy atom. The summed E-state index contributed by atoms with van der Waals surface area (Å²) in [6.07, 6.45) is 4.94. The summed E-state index contributed by atoms with van der Waals surface area (Å²) in [5.41, 5.74) is 0.694. The second-order valence-electron chi connectivity index (χ2n) is 3.53. The number of rotatable bonds is 4. The fraction of sp³-hybridized carbons (Fsp3) is 0.455. The van der Waals surface area contributed by atoms with Crippen LogP contribution in [0.2, 0.25) is 0 Å². The predicted molar refractivity (Wildman–Crippen MR) is 60.3 cm³/mol. The van der Waals surface area contributed by atoms with Crippen LogP contribution in [0.4, 0.5) is 0 Å². The molecule has 0 aliphatic heterocycles. The third-order valence-corrected chi connectivity index (χ3v) is 2.69. The molecule has 14 heavy (non-hydrogen) atoms. The van der Waals surface area contributed by atoms with Crippen molar-refractivity contribution in [1.82, 2.24) is 4.98 Å². The molecule has 0 aliphatic carbocycles. The summed E-state index contributed by atoms with van der Waals surface area (Å²) in [4.78, 5) is 15.7. The van der Waals surface area contributed by atoms with Crippen molar-refractivity contribution >= 4 is 21.7 Å². The highest BCUT2D eigenvalue weighted by atomic mass is 79.9. The van der Waals surface area contributed by atoms with E-state index < -0.39 is 0 Å². The van der Waals surface area contributed by atoms with Crippen LogP contribution in [-0.2, 0) is 0 Å². The van der Waals surface area contributed by atoms with Crippen LogP contribution in [0.5, 0.6) is 0 Å². The highest BCUT2D eigenvalue weighted by molar-refractivity contribution is 9.10. The molecule has 0 saturated heterocycles. The molecule has 0 bridgehead atoms. The van der Waals surface area contributed by atoms with Gasteiger partial charge in [0, 0.05) is 28.9 Å². The number of hydrogen-bond donors (Lipinski definition) is 0. The van der Waals surface area contributed by atoms with Gasteiger partial charge in [0.05, 0.1) is 0 Å². The van der Waals surface area contributed by atoms with E-state index in [0.29, 0.717) is 17.9 Å². The van der Waals surface area contributed by atoms with Crippen molar-refractivity contribution in [2.75, 3.05) is 0 Å². The number of carbonyl (C=O) groups is 1. The van der Waals surface area contributed by atoms with E-state index in [0.717, 1.165) is 10.9 Å². The Hall–Kier alpha value is -0.700. The van der Waals surface area contributed by atoms with E-state index in [-0.39, 0.29) is 5.78 Å². The number of Topliss-reactive ketones (excluding diaryl/α,β-unsaturated/α-hetero) is 1. The second kappa shape index (κ2) is 5.25. The highest BCUT2D eigenvalue weighted by Gasteiger charge is 2.10. The molecule has 0 saturated carbocycles. The van der Waals surface area contributed by atoms with E-state index in [1.807, 2.05) is 6.07 Å². The average molecular weight is 256 g/mol. The lowest BCUT2D eigenvalue weighted by atomic mass is 9.99. The van der Waals surface area contributed by atoms with E-state index >= 15 is 0 Å². The van der Waals surface area contributed by atoms with Crippen LogP contribution in [0, 0.1) is 5.92 Å². The Morgan fingerprint density at radius 3 is 2.86 bits per heavy atom. The van der Waals surface area contributed by atoms with Crippen molar-refractivity contribution in [1.29, 1.82) is 0 Å². The molecule has 0 radical (unpaired) electrons. The number of ketones is 1. The molecule has 2 nitrogen and oxygen atoms in total. The maximum atomic E-state index is 11.7. The minimum Gasteiger partial charge on any atom is -0.294 e. The summed E-state index contributed by atoms with van der Waals surface area (Å²) in [6.45, 7) is 4.18. The third kappa shape index (κ3) is 3.22. The quantitative estimate of drug-likeness (QED) is 0.772. The maximum absolute atomic E-state index is 11.7. The summed E-state index contributed by atoms with van der Waals surface area (Å²) in [5, 5.41) is 0. The topological polar surface area (TPSA) is 30.0 Å². The van der Waals surface area contributed by atoms with E-state index in [9.17, 15) is 4.79 Å². The third-order valence-electron chi connectivity index (χ3n) is 2.26. The largest absolute Gasteiger partial charge is 0.294 e. The molecule has 0 aliphatic rings. The first-order valence-electron chi connectivity index (χ1n) is 4.77. The molecule has 0 aromatic carbocycles. The standard InChI is InChI=1S/C11H14BrNO/c1-3-8(2)4-11(14)9-5-10(12)7-13-6-9/h5-8H,3-4H2,1-2H3. The van der Waals surface area contributed by atoms with Gasteiger partial charge in [-0.15, -0.1) is 0 Å². The fourth-order valence-corrected chi connectivity index (χ4v) is 1.51. The van der Waals surface area contributed by atoms with Crippen LogP contribution in [0.3, 0.4) is 0 Å². The Labute approximate surface area is 92.9 Å². The van der Waals surface area contributed by atoms with Crippen LogP contribution in [0.25, 0.3) is 0 Å². The summed E-state index contributed by atoms with van der Waals surface area (Å²) in [7, 11) is 0. The number of halogens is 1. The van der Waals surface area contributed by atoms with Gasteiger partial charge in [0.25, 0.3) is 0 Å². The van der Waals surface area contributed by atoms with Crippen LogP contribution >= 0.6 is 15.9 Å². The van der Waals surface area contributed by atoms with Gasteiger partial charge in [-0.3, -0.25) is 9.78 Å². The molecule has 76 valence electrons. The Morgan fingerprint density at radius 2 is 2.29 bits per heavy atom. The van der Waals surface area contributed by atoms with Gasteiger partial charge >= 0.3 is 0 Å². The lowest BCUT2D eigenvalue weighted by Gasteiger charge is -2.06. The Kier molecular flexibility index (Phi) is 4.26. The minimum atomic E-state index is 0.174. The van der Waals surface area contributed by atoms with E-state index in [1.165, 1.54) is 0 Å². The molecule has 1 rings (SSSR count). The Bertz CT molecular complexity index is 325. The number of pyridine rings is 1. The minimum absolute atomic E-state index is 0.174. The van der Waals surface area contributed by atoms with Gasteiger partial charge in [-0.05, 0) is 27.9 Å². The number of carbonyl (C=O) groups excluding carboxylic acids is 1. The molecule has 0 spiro atoms. The van der Waals surface area contributed by atoms with Gasteiger partial charge in [-0.1, -0.05) is 20.3 Å². The van der Waals surface area contributed by atoms with Crippen molar-refractivity contribution in [3.05, 3.63) is 28.5 Å². The van der Waals surface area contributed by atoms with Gasteiger partial charge in [-0.2, -0.15) is 0 Å². The summed E-state index contributed by atoms with van der Waals surface area (Å²) >= 11 is 3.30. The predicted octanol–water partition coefficient (Wildman–Crippen LogP) is 3.46. The van der Waals surface area contributed by atoms with Gasteiger partial charge in [-0.25, -0.2) is 0 Å². The average Bonchev–Trinajstić information content (AvgIpc) is 2.17. The van der Waals surface area contributed by atoms with Crippen molar-refractivity contribution < 1.29 is 4.79 Å². The van der Waals surface area contributed by atoms with Crippen LogP contribution in [0.1, 0.15) is 37.0 Å². The normalized spacial score (nSPS) is 12.5. The highest BCUT2D eigenvalue weighted by Crippen LogP contribution is 2.15. The first-order valence-corrected chi connectivity index (χ1v) is 5.56. The number of hydrogen-bond acceptors (Lipinski definition) is 2. The fourth-order valence-electron chi connectivity index (χ4n) is 1.14. The van der Waals surface area contributed by atoms with Crippen LogP contribution < -0.4 is 0 Å². The van der Waals surface area contributed by atoms with Gasteiger partial charge < -0.3 is 0 Å². The molecule has 0 N–H and O–H groups in total. The number of aromatic nitrogens is 1. The monoisotopic (exact) mass is 255 g/mol. The smallest absolute Gasteiger partial charge is 0.164 e. The molecule has 1 unspecified atom stereocenters. The van der Waals surface area contributed by atoms with Crippen molar-refractivity contribution in [3.63, 3.8) is 0 Å². The van der Waals surface area contributed by atoms with Crippen molar-refractivity contribution in [2.45, 2.75) is 26.7 Å². The molecular formula is C11H14BrNO. The number of nitrogens with zero attached hydrogens (tertiary/aromatic N) is 1. The van der Waals surface area contributed by atoms with E-state index in [2.05, 4.69) is 34.8 Å². The summed E-state index contributed by atoms with van der Waals surface area (Å²) in [5.74, 6) is 0.620. The van der Waals surface area contributed by atoms with E-state index in [1.54, 1.807) is 12.4 Å². The molecule has 0 fully saturated rings. The SMILES string of the molecule is CCC(C)CC(=O)c1cncc(Br)c1. The lowest BCUT2D eigenvalue weighted by molar-refractivity contribution is 0.0963. The van der Waals surface area contributed by atoms with Crippen molar-refractivity contribution in [3.8, 4) is 0 Å². The van der Waals surface area contributed by atoms with Gasteiger partial charge in [0.1, 0.15) is 0 Å². The zero-order valence-corrected chi connectivity index (χ0v) is 10.0. The first kappa shape index (κ1) is 11.4. The first-order chi connectivity index (χ1) is 6.63. The molecular weight excluding hydrogens is 242 g/mol. The van der Waals surface area contributed by atoms with Crippen molar-refractivity contribution in [2.24, 2.45) is 5.92 Å². The Balaban J connectivity index is 2.70. The van der Waals surface area contributed by atoms with E-state index in [4.69, 9.17) is 0 Å².